The third kappa shape index (κ3) is 1.52. The maximum atomic E-state index is 5.51. The van der Waals surface area contributed by atoms with Crippen LogP contribution in [0.5, 0.6) is 5.75 Å². The van der Waals surface area contributed by atoms with Gasteiger partial charge in [-0.3, -0.25) is 0 Å². The van der Waals surface area contributed by atoms with Crippen LogP contribution in [0.1, 0.15) is 0 Å². The van der Waals surface area contributed by atoms with Crippen molar-refractivity contribution in [3.05, 3.63) is 30.3 Å². The summed E-state index contributed by atoms with van der Waals surface area (Å²) in [4.78, 5) is 0. The molecule has 0 aliphatic carbocycles. The second kappa shape index (κ2) is 2.93. The molecule has 1 heterocycles. The molecule has 0 atom stereocenters. The molecule has 0 bridgehead atoms. The zero-order chi connectivity index (χ0) is 7.52. The molecule has 0 spiro atoms. The van der Waals surface area contributed by atoms with Crippen LogP contribution in [0.3, 0.4) is 0 Å². The van der Waals surface area contributed by atoms with Crippen molar-refractivity contribution in [2.75, 3.05) is 13.2 Å². The molecule has 1 saturated heterocycles. The van der Waals surface area contributed by atoms with Gasteiger partial charge in [-0.2, -0.15) is 0 Å². The lowest BCUT2D eigenvalue weighted by molar-refractivity contribution is -0.0796. The molecule has 2 nitrogen and oxygen atoms in total. The molecule has 1 aliphatic heterocycles. The molecule has 2 heteroatoms. The predicted molar refractivity (Wildman–Crippen MR) is 40.5 cm³/mol. The lowest BCUT2D eigenvalue weighted by atomic mass is 10.3. The SMILES string of the molecule is [c]1ccc(OC2COC2)cc1. The quantitative estimate of drug-likeness (QED) is 0.630. The summed E-state index contributed by atoms with van der Waals surface area (Å²) < 4.78 is 10.5. The van der Waals surface area contributed by atoms with E-state index >= 15 is 0 Å². The number of ether oxygens (including phenoxy) is 2. The summed E-state index contributed by atoms with van der Waals surface area (Å²) in [6.45, 7) is 1.44. The van der Waals surface area contributed by atoms with Gasteiger partial charge in [0, 0.05) is 0 Å². The van der Waals surface area contributed by atoms with Crippen LogP contribution in [0.2, 0.25) is 0 Å². The van der Waals surface area contributed by atoms with Gasteiger partial charge in [0.2, 0.25) is 0 Å². The molecule has 1 aliphatic rings. The zero-order valence-electron chi connectivity index (χ0n) is 6.12. The highest BCUT2D eigenvalue weighted by Crippen LogP contribution is 2.14. The second-order valence-electron chi connectivity index (χ2n) is 2.51. The van der Waals surface area contributed by atoms with Gasteiger partial charge in [0.05, 0.1) is 13.2 Å². The van der Waals surface area contributed by atoms with Crippen molar-refractivity contribution < 1.29 is 9.47 Å². The molecule has 0 N–H and O–H groups in total. The fourth-order valence-electron chi connectivity index (χ4n) is 0.925. The Morgan fingerprint density at radius 1 is 1.36 bits per heavy atom. The van der Waals surface area contributed by atoms with E-state index in [2.05, 4.69) is 6.07 Å². The normalized spacial score (nSPS) is 17.5. The van der Waals surface area contributed by atoms with E-state index in [1.807, 2.05) is 24.3 Å². The number of benzene rings is 1. The predicted octanol–water partition coefficient (Wildman–Crippen LogP) is 1.26. The van der Waals surface area contributed by atoms with Gasteiger partial charge < -0.3 is 9.47 Å². The van der Waals surface area contributed by atoms with E-state index in [0.717, 1.165) is 19.0 Å². The lowest BCUT2D eigenvalue weighted by Gasteiger charge is -2.26. The minimum absolute atomic E-state index is 0.261. The molecule has 1 aromatic carbocycles. The Labute approximate surface area is 65.7 Å². The Balaban J connectivity index is 1.95. The van der Waals surface area contributed by atoms with Crippen LogP contribution >= 0.6 is 0 Å². The summed E-state index contributed by atoms with van der Waals surface area (Å²) in [7, 11) is 0. The first-order valence-electron chi connectivity index (χ1n) is 3.66. The number of hydrogen-bond acceptors (Lipinski definition) is 2. The Bertz CT molecular complexity index is 216. The summed E-state index contributed by atoms with van der Waals surface area (Å²) in [5, 5.41) is 0. The van der Waals surface area contributed by atoms with Crippen molar-refractivity contribution in [1.29, 1.82) is 0 Å². The topological polar surface area (TPSA) is 18.5 Å². The van der Waals surface area contributed by atoms with Crippen LogP contribution in [0.25, 0.3) is 0 Å². The van der Waals surface area contributed by atoms with Gasteiger partial charge in [-0.1, -0.05) is 12.1 Å². The number of rotatable bonds is 2. The first kappa shape index (κ1) is 6.68. The standard InChI is InChI=1S/C9H9O2/c1-2-4-8(5-3-1)11-9-6-10-7-9/h2-5,9H,6-7H2. The largest absolute Gasteiger partial charge is 0.486 e. The fourth-order valence-corrected chi connectivity index (χ4v) is 0.925. The summed E-state index contributed by atoms with van der Waals surface area (Å²) in [5.74, 6) is 0.900. The van der Waals surface area contributed by atoms with Gasteiger partial charge in [0.15, 0.2) is 0 Å². The second-order valence-corrected chi connectivity index (χ2v) is 2.51. The molecule has 0 unspecified atom stereocenters. The van der Waals surface area contributed by atoms with Crippen molar-refractivity contribution in [2.24, 2.45) is 0 Å². The minimum atomic E-state index is 0.261. The van der Waals surface area contributed by atoms with Crippen LogP contribution in [0.4, 0.5) is 0 Å². The molecule has 0 aromatic heterocycles. The average molecular weight is 149 g/mol. The van der Waals surface area contributed by atoms with Crippen molar-refractivity contribution in [3.8, 4) is 5.75 Å². The molecule has 0 amide bonds. The van der Waals surface area contributed by atoms with Gasteiger partial charge in [-0.25, -0.2) is 0 Å². The monoisotopic (exact) mass is 149 g/mol. The Morgan fingerprint density at radius 2 is 2.09 bits per heavy atom. The van der Waals surface area contributed by atoms with Gasteiger partial charge in [-0.15, -0.1) is 0 Å². The first-order chi connectivity index (χ1) is 5.45. The molecule has 1 radical (unpaired) electrons. The van der Waals surface area contributed by atoms with Gasteiger partial charge >= 0.3 is 0 Å². The van der Waals surface area contributed by atoms with Crippen LogP contribution in [0.15, 0.2) is 24.3 Å². The van der Waals surface area contributed by atoms with Crippen molar-refractivity contribution in [2.45, 2.75) is 6.10 Å². The third-order valence-corrected chi connectivity index (χ3v) is 1.60. The van der Waals surface area contributed by atoms with Gasteiger partial charge in [0.1, 0.15) is 11.9 Å². The third-order valence-electron chi connectivity index (χ3n) is 1.60. The van der Waals surface area contributed by atoms with E-state index in [1.165, 1.54) is 0 Å². The summed E-state index contributed by atoms with van der Waals surface area (Å²) >= 11 is 0. The highest BCUT2D eigenvalue weighted by molar-refractivity contribution is 5.20. The van der Waals surface area contributed by atoms with E-state index in [1.54, 1.807) is 0 Å². The zero-order valence-corrected chi connectivity index (χ0v) is 6.12. The van der Waals surface area contributed by atoms with Crippen LogP contribution < -0.4 is 4.74 Å². The Kier molecular flexibility index (Phi) is 1.78. The molecular weight excluding hydrogens is 140 g/mol. The average Bonchev–Trinajstić information content (AvgIpc) is 1.99. The maximum Gasteiger partial charge on any atom is 0.145 e. The van der Waals surface area contributed by atoms with E-state index < -0.39 is 0 Å². The molecular formula is C9H9O2. The van der Waals surface area contributed by atoms with Crippen molar-refractivity contribution in [1.82, 2.24) is 0 Å². The van der Waals surface area contributed by atoms with Crippen molar-refractivity contribution in [3.63, 3.8) is 0 Å². The molecule has 1 fully saturated rings. The summed E-state index contributed by atoms with van der Waals surface area (Å²) in [6, 6.07) is 10.4. The van der Waals surface area contributed by atoms with E-state index in [-0.39, 0.29) is 6.10 Å². The summed E-state index contributed by atoms with van der Waals surface area (Å²) in [6.07, 6.45) is 0.261. The highest BCUT2D eigenvalue weighted by Gasteiger charge is 2.19. The van der Waals surface area contributed by atoms with E-state index in [9.17, 15) is 0 Å². The summed E-state index contributed by atoms with van der Waals surface area (Å²) in [5.41, 5.74) is 0. The van der Waals surface area contributed by atoms with Crippen LogP contribution in [0, 0.1) is 6.07 Å². The first-order valence-corrected chi connectivity index (χ1v) is 3.66. The number of hydrogen-bond donors (Lipinski definition) is 0. The Hall–Kier alpha value is -1.02. The van der Waals surface area contributed by atoms with Gasteiger partial charge in [0.25, 0.3) is 0 Å². The van der Waals surface area contributed by atoms with Gasteiger partial charge in [-0.05, 0) is 18.2 Å². The highest BCUT2D eigenvalue weighted by atomic mass is 16.6. The molecule has 57 valence electrons. The molecule has 11 heavy (non-hydrogen) atoms. The van der Waals surface area contributed by atoms with Crippen LogP contribution in [-0.4, -0.2) is 19.3 Å². The lowest BCUT2D eigenvalue weighted by Crippen LogP contribution is -2.38. The molecule has 0 saturated carbocycles. The minimum Gasteiger partial charge on any atom is -0.486 e. The van der Waals surface area contributed by atoms with E-state index in [4.69, 9.17) is 9.47 Å². The molecule has 1 aromatic rings. The Morgan fingerprint density at radius 3 is 2.64 bits per heavy atom. The smallest absolute Gasteiger partial charge is 0.145 e. The maximum absolute atomic E-state index is 5.51. The van der Waals surface area contributed by atoms with E-state index in [0.29, 0.717) is 0 Å². The molecule has 2 rings (SSSR count). The van der Waals surface area contributed by atoms with Crippen LogP contribution in [-0.2, 0) is 4.74 Å². The fraction of sp³-hybridized carbons (Fsp3) is 0.333. The van der Waals surface area contributed by atoms with Crippen molar-refractivity contribution >= 4 is 0 Å².